The van der Waals surface area contributed by atoms with Crippen molar-refractivity contribution in [3.63, 3.8) is 0 Å². The van der Waals surface area contributed by atoms with E-state index in [1.807, 2.05) is 0 Å². The fourth-order valence-corrected chi connectivity index (χ4v) is 3.41. The Bertz CT molecular complexity index is 740. The molecule has 0 saturated heterocycles. The van der Waals surface area contributed by atoms with Crippen LogP contribution in [0, 0.1) is 6.54 Å². The Morgan fingerprint density at radius 1 is 0.676 bits per heavy atom. The van der Waals surface area contributed by atoms with Crippen molar-refractivity contribution in [3.8, 4) is 0 Å². The second kappa shape index (κ2) is 12.7. The molecule has 0 aliphatic heterocycles. The maximum Gasteiger partial charge on any atom is 0.460 e. The van der Waals surface area contributed by atoms with Crippen molar-refractivity contribution in [3.05, 3.63) is 41.9 Å². The molecule has 34 heavy (non-hydrogen) atoms. The number of rotatable bonds is 16. The number of hydrogen-bond acceptors (Lipinski definition) is 0. The number of unbranched alkanes of at least 4 members (excludes halogenated alkanes) is 9. The van der Waals surface area contributed by atoms with Crippen LogP contribution < -0.4 is 0 Å². The molecule has 0 spiro atoms. The van der Waals surface area contributed by atoms with Crippen LogP contribution in [0.1, 0.15) is 82.3 Å². The van der Waals surface area contributed by atoms with Gasteiger partial charge in [0.1, 0.15) is 6.54 Å². The van der Waals surface area contributed by atoms with Gasteiger partial charge in [-0.05, 0) is 6.42 Å². The van der Waals surface area contributed by atoms with E-state index in [1.165, 1.54) is 49.6 Å². The Morgan fingerprint density at radius 2 is 1.12 bits per heavy atom. The molecule has 196 valence electrons. The van der Waals surface area contributed by atoms with Crippen LogP contribution in [0.5, 0.6) is 0 Å². The van der Waals surface area contributed by atoms with Crippen LogP contribution in [0.4, 0.5) is 39.5 Å². The highest BCUT2D eigenvalue weighted by Gasteiger charge is 2.81. The molecule has 10 heteroatoms. The zero-order valence-electron chi connectivity index (χ0n) is 19.2. The first-order valence-corrected chi connectivity index (χ1v) is 11.4. The fourth-order valence-electron chi connectivity index (χ4n) is 3.41. The van der Waals surface area contributed by atoms with Crippen LogP contribution in [0.15, 0.2) is 24.3 Å². The molecule has 0 aromatic heterocycles. The highest BCUT2D eigenvalue weighted by molar-refractivity contribution is 5.31. The second-order valence-corrected chi connectivity index (χ2v) is 8.47. The number of alkyl halides is 9. The van der Waals surface area contributed by atoms with Gasteiger partial charge in [-0.3, -0.25) is 4.58 Å². The molecular weight excluding hydrogens is 473 g/mol. The van der Waals surface area contributed by atoms with E-state index < -0.39 is 29.5 Å². The van der Waals surface area contributed by atoms with Crippen molar-refractivity contribution in [2.75, 3.05) is 6.54 Å². The minimum absolute atomic E-state index is 0.257. The van der Waals surface area contributed by atoms with E-state index in [4.69, 9.17) is 0 Å². The molecule has 0 aliphatic rings. The molecule has 1 rings (SSSR count). The second-order valence-electron chi connectivity index (χ2n) is 8.47. The third kappa shape index (κ3) is 7.83. The lowest BCUT2D eigenvalue weighted by Gasteiger charge is -2.34. The lowest BCUT2D eigenvalue weighted by Crippen LogP contribution is -2.59. The Kier molecular flexibility index (Phi) is 11.3. The van der Waals surface area contributed by atoms with Crippen molar-refractivity contribution < 1.29 is 44.1 Å². The average Bonchev–Trinajstić information content (AvgIpc) is 2.74. The quantitative estimate of drug-likeness (QED) is 0.0695. The molecule has 0 aliphatic carbocycles. The molecule has 0 atom stereocenters. The Morgan fingerprint density at radius 3 is 1.56 bits per heavy atom. The largest absolute Gasteiger partial charge is 0.460 e. The van der Waals surface area contributed by atoms with Gasteiger partial charge >= 0.3 is 23.9 Å². The van der Waals surface area contributed by atoms with Crippen LogP contribution in [-0.2, 0) is 5.92 Å². The molecular formula is C24H32F9N. The third-order valence-electron chi connectivity index (χ3n) is 5.55. The van der Waals surface area contributed by atoms with Crippen molar-refractivity contribution in [1.82, 2.24) is 0 Å². The van der Waals surface area contributed by atoms with Crippen molar-refractivity contribution >= 4 is 6.72 Å². The first-order valence-electron chi connectivity index (χ1n) is 11.4. The van der Waals surface area contributed by atoms with Gasteiger partial charge in [0, 0.05) is 12.0 Å². The van der Waals surface area contributed by atoms with E-state index in [0.29, 0.717) is 18.7 Å². The normalized spacial score (nSPS) is 13.2. The van der Waals surface area contributed by atoms with Crippen molar-refractivity contribution in [2.24, 2.45) is 0 Å². The number of benzene rings is 1. The number of hydrogen-bond donors (Lipinski definition) is 0. The van der Waals surface area contributed by atoms with Gasteiger partial charge in [-0.2, -0.15) is 39.5 Å². The molecule has 0 radical (unpaired) electrons. The summed E-state index contributed by atoms with van der Waals surface area (Å²) >= 11 is 0. The molecule has 0 unspecified atom stereocenters. The maximum absolute atomic E-state index is 14.0. The number of nitrogens with zero attached hydrogens (tertiary/aromatic N) is 1. The SMILES string of the molecule is C=[N+]([CH-]c1ccc(C(F)(F)C(F)(F)C(F)(F)C(F)(F)F)cc1)CCCCCCCCCCCC. The summed E-state index contributed by atoms with van der Waals surface area (Å²) in [6, 6.07) is 2.67. The zero-order valence-corrected chi connectivity index (χ0v) is 19.2. The van der Waals surface area contributed by atoms with Gasteiger partial charge in [0.25, 0.3) is 0 Å². The summed E-state index contributed by atoms with van der Waals surface area (Å²) in [5.74, 6) is -19.3. The van der Waals surface area contributed by atoms with E-state index in [-0.39, 0.29) is 5.56 Å². The Labute approximate surface area is 195 Å². The van der Waals surface area contributed by atoms with Gasteiger partial charge in [0.15, 0.2) is 0 Å². The van der Waals surface area contributed by atoms with Crippen molar-refractivity contribution in [1.29, 1.82) is 0 Å². The first-order chi connectivity index (χ1) is 15.7. The lowest BCUT2D eigenvalue weighted by atomic mass is 9.96. The summed E-state index contributed by atoms with van der Waals surface area (Å²) in [6.45, 7) is 7.92. The summed E-state index contributed by atoms with van der Waals surface area (Å²) in [7, 11) is 0. The van der Waals surface area contributed by atoms with Gasteiger partial charge in [-0.15, -0.1) is 12.1 Å². The van der Waals surface area contributed by atoms with Crippen LogP contribution in [0.3, 0.4) is 0 Å². The minimum Gasteiger partial charge on any atom is -0.291 e. The fraction of sp³-hybridized carbons (Fsp3) is 0.667. The molecule has 0 fully saturated rings. The van der Waals surface area contributed by atoms with Crippen LogP contribution in [0.25, 0.3) is 0 Å². The monoisotopic (exact) mass is 505 g/mol. The predicted octanol–water partition coefficient (Wildman–Crippen LogP) is 8.76. The summed E-state index contributed by atoms with van der Waals surface area (Å²) in [5.41, 5.74) is -1.39. The van der Waals surface area contributed by atoms with Crippen LogP contribution in [0.2, 0.25) is 0 Å². The van der Waals surface area contributed by atoms with Crippen LogP contribution in [-0.4, -0.2) is 35.9 Å². The van der Waals surface area contributed by atoms with E-state index in [9.17, 15) is 39.5 Å². The van der Waals surface area contributed by atoms with Gasteiger partial charge in [0.2, 0.25) is 0 Å². The molecule has 0 saturated carbocycles. The summed E-state index contributed by atoms with van der Waals surface area (Å²) in [5, 5.41) is 0. The lowest BCUT2D eigenvalue weighted by molar-refractivity contribution is -0.473. The Balaban J connectivity index is 2.52. The third-order valence-corrected chi connectivity index (χ3v) is 5.55. The van der Waals surface area contributed by atoms with Gasteiger partial charge < -0.3 is 0 Å². The highest BCUT2D eigenvalue weighted by atomic mass is 19.4. The molecule has 0 amide bonds. The highest BCUT2D eigenvalue weighted by Crippen LogP contribution is 2.56. The van der Waals surface area contributed by atoms with E-state index in [1.54, 1.807) is 0 Å². The van der Waals surface area contributed by atoms with Gasteiger partial charge in [-0.1, -0.05) is 76.0 Å². The molecule has 0 N–H and O–H groups in total. The minimum atomic E-state index is -6.91. The van der Waals surface area contributed by atoms with Gasteiger partial charge in [0.05, 0.1) is 13.3 Å². The van der Waals surface area contributed by atoms with Gasteiger partial charge in [-0.25, -0.2) is 0 Å². The smallest absolute Gasteiger partial charge is 0.291 e. The first kappa shape index (κ1) is 30.2. The van der Waals surface area contributed by atoms with E-state index in [2.05, 4.69) is 13.6 Å². The average molecular weight is 506 g/mol. The topological polar surface area (TPSA) is 3.01 Å². The van der Waals surface area contributed by atoms with E-state index in [0.717, 1.165) is 37.8 Å². The summed E-state index contributed by atoms with van der Waals surface area (Å²) in [6.07, 6.45) is 4.59. The maximum atomic E-state index is 14.0. The van der Waals surface area contributed by atoms with Crippen molar-refractivity contribution in [2.45, 2.75) is 95.1 Å². The summed E-state index contributed by atoms with van der Waals surface area (Å²) in [4.78, 5) is 0. The molecule has 1 nitrogen and oxygen atoms in total. The molecule has 1 aromatic rings. The standard InChI is InChI=1S/C24H32F9N/c1-3-4-5-6-7-8-9-10-11-12-17-34(2)18-19-13-15-20(16-14-19)21(25,26)22(27,28)23(29,30)24(31,32)33/h13-16,18H,2-12,17H2,1H3. The Hall–Kier alpha value is -1.87. The van der Waals surface area contributed by atoms with Crippen LogP contribution >= 0.6 is 0 Å². The number of halogens is 9. The molecule has 0 bridgehead atoms. The molecule has 1 aromatic carbocycles. The summed E-state index contributed by atoms with van der Waals surface area (Å²) < 4.78 is 119. The zero-order chi connectivity index (χ0) is 26.0. The molecule has 0 heterocycles. The predicted molar refractivity (Wildman–Crippen MR) is 114 cm³/mol. The van der Waals surface area contributed by atoms with E-state index >= 15 is 0 Å².